The average Bonchev–Trinajstić information content (AvgIpc) is 2.51. The Morgan fingerprint density at radius 2 is 2.29 bits per heavy atom. The van der Waals surface area contributed by atoms with Gasteiger partial charge in [0, 0.05) is 20.7 Å². The van der Waals surface area contributed by atoms with Gasteiger partial charge in [0.2, 0.25) is 0 Å². The van der Waals surface area contributed by atoms with Gasteiger partial charge in [0.1, 0.15) is 0 Å². The van der Waals surface area contributed by atoms with Crippen molar-refractivity contribution in [3.8, 4) is 0 Å². The van der Waals surface area contributed by atoms with Gasteiger partial charge in [-0.25, -0.2) is 4.79 Å². The number of nitrogen functional groups attached to an aromatic ring is 1. The van der Waals surface area contributed by atoms with Crippen LogP contribution in [0.5, 0.6) is 0 Å². The van der Waals surface area contributed by atoms with Gasteiger partial charge in [-0.1, -0.05) is 0 Å². The van der Waals surface area contributed by atoms with Crippen LogP contribution in [-0.2, 0) is 0 Å². The Kier molecular flexibility index (Phi) is 2.13. The van der Waals surface area contributed by atoms with Crippen molar-refractivity contribution in [2.24, 2.45) is 0 Å². The molecule has 72 valence electrons. The molecule has 0 atom stereocenters. The Hall–Kier alpha value is -1.20. The SMILES string of the molecule is Nc1cc(S)c2sccc2c1C(=O)O. The van der Waals surface area contributed by atoms with E-state index in [1.165, 1.54) is 11.3 Å². The number of aromatic carboxylic acids is 1. The first-order valence-electron chi connectivity index (χ1n) is 3.83. The lowest BCUT2D eigenvalue weighted by atomic mass is 10.1. The molecule has 14 heavy (non-hydrogen) atoms. The van der Waals surface area contributed by atoms with Crippen LogP contribution >= 0.6 is 24.0 Å². The molecule has 3 nitrogen and oxygen atoms in total. The molecule has 0 amide bonds. The van der Waals surface area contributed by atoms with E-state index in [4.69, 9.17) is 10.8 Å². The molecule has 1 aromatic heterocycles. The number of carboxylic acids is 1. The quantitative estimate of drug-likeness (QED) is 0.516. The number of hydrogen-bond acceptors (Lipinski definition) is 4. The summed E-state index contributed by atoms with van der Waals surface area (Å²) in [4.78, 5) is 11.7. The predicted molar refractivity (Wildman–Crippen MR) is 60.4 cm³/mol. The van der Waals surface area contributed by atoms with E-state index in [9.17, 15) is 4.79 Å². The Bertz CT molecular complexity index is 519. The topological polar surface area (TPSA) is 63.3 Å². The summed E-state index contributed by atoms with van der Waals surface area (Å²) in [6.07, 6.45) is 0. The number of carbonyl (C=O) groups is 1. The predicted octanol–water partition coefficient (Wildman–Crippen LogP) is 2.47. The first kappa shape index (κ1) is 9.36. The third kappa shape index (κ3) is 1.25. The summed E-state index contributed by atoms with van der Waals surface area (Å²) in [7, 11) is 0. The maximum atomic E-state index is 10.9. The normalized spacial score (nSPS) is 10.6. The van der Waals surface area contributed by atoms with E-state index in [1.54, 1.807) is 12.1 Å². The summed E-state index contributed by atoms with van der Waals surface area (Å²) < 4.78 is 0.861. The molecule has 0 unspecified atom stereocenters. The van der Waals surface area contributed by atoms with Gasteiger partial charge in [-0.05, 0) is 17.5 Å². The minimum absolute atomic E-state index is 0.166. The molecule has 0 radical (unpaired) electrons. The van der Waals surface area contributed by atoms with E-state index in [0.717, 1.165) is 9.60 Å². The molecule has 0 saturated carbocycles. The second-order valence-electron chi connectivity index (χ2n) is 2.83. The van der Waals surface area contributed by atoms with Gasteiger partial charge in [-0.3, -0.25) is 0 Å². The van der Waals surface area contributed by atoms with Gasteiger partial charge in [-0.15, -0.1) is 24.0 Å². The highest BCUT2D eigenvalue weighted by Gasteiger charge is 2.15. The lowest BCUT2D eigenvalue weighted by molar-refractivity contribution is 0.0700. The zero-order valence-corrected chi connectivity index (χ0v) is 8.73. The molecule has 0 aliphatic rings. The molecule has 2 rings (SSSR count). The molecule has 2 aromatic rings. The van der Waals surface area contributed by atoms with Gasteiger partial charge in [0.05, 0.1) is 5.56 Å². The second-order valence-corrected chi connectivity index (χ2v) is 4.23. The minimum Gasteiger partial charge on any atom is -0.478 e. The van der Waals surface area contributed by atoms with Crippen LogP contribution in [0.4, 0.5) is 5.69 Å². The monoisotopic (exact) mass is 225 g/mol. The van der Waals surface area contributed by atoms with Crippen molar-refractivity contribution in [3.63, 3.8) is 0 Å². The zero-order chi connectivity index (χ0) is 10.3. The molecule has 0 saturated heterocycles. The number of nitrogens with two attached hydrogens (primary N) is 1. The van der Waals surface area contributed by atoms with Gasteiger partial charge >= 0.3 is 5.97 Å². The van der Waals surface area contributed by atoms with E-state index >= 15 is 0 Å². The molecule has 0 aliphatic carbocycles. The van der Waals surface area contributed by atoms with Gasteiger partial charge in [-0.2, -0.15) is 0 Å². The lowest BCUT2D eigenvalue weighted by Gasteiger charge is -2.04. The summed E-state index contributed by atoms with van der Waals surface area (Å²) in [5.41, 5.74) is 6.05. The van der Waals surface area contributed by atoms with Crippen LogP contribution in [-0.4, -0.2) is 11.1 Å². The average molecular weight is 225 g/mol. The smallest absolute Gasteiger partial charge is 0.338 e. The summed E-state index contributed by atoms with van der Waals surface area (Å²) in [6.45, 7) is 0. The standard InChI is InChI=1S/C9H7NO2S2/c10-5-3-6(13)8-4(1-2-14-8)7(5)9(11)12/h1-3,13H,10H2,(H,11,12). The van der Waals surface area contributed by atoms with E-state index in [-0.39, 0.29) is 11.3 Å². The molecule has 1 heterocycles. The summed E-state index contributed by atoms with van der Waals surface area (Å²) in [5.74, 6) is -1.00. The van der Waals surface area contributed by atoms with E-state index in [2.05, 4.69) is 12.6 Å². The molecule has 0 bridgehead atoms. The highest BCUT2D eigenvalue weighted by atomic mass is 32.1. The number of carboxylic acid groups (broad SMARTS) is 1. The molecule has 1 aromatic carbocycles. The van der Waals surface area contributed by atoms with Crippen molar-refractivity contribution in [1.82, 2.24) is 0 Å². The molecular formula is C9H7NO2S2. The number of anilines is 1. The fourth-order valence-corrected chi connectivity index (χ4v) is 2.62. The van der Waals surface area contributed by atoms with E-state index < -0.39 is 5.97 Å². The van der Waals surface area contributed by atoms with Crippen LogP contribution in [0, 0.1) is 0 Å². The maximum Gasteiger partial charge on any atom is 0.338 e. The highest BCUT2D eigenvalue weighted by Crippen LogP contribution is 2.33. The van der Waals surface area contributed by atoms with Crippen LogP contribution in [0.3, 0.4) is 0 Å². The van der Waals surface area contributed by atoms with Crippen molar-refractivity contribution in [3.05, 3.63) is 23.1 Å². The minimum atomic E-state index is -1.00. The van der Waals surface area contributed by atoms with Crippen LogP contribution in [0.25, 0.3) is 10.1 Å². The number of hydrogen-bond donors (Lipinski definition) is 3. The van der Waals surface area contributed by atoms with Crippen LogP contribution in [0.2, 0.25) is 0 Å². The highest BCUT2D eigenvalue weighted by molar-refractivity contribution is 7.80. The Labute approximate surface area is 89.6 Å². The number of fused-ring (bicyclic) bond motifs is 1. The third-order valence-corrected chi connectivity index (χ3v) is 3.41. The fourth-order valence-electron chi connectivity index (χ4n) is 1.38. The Balaban J connectivity index is 2.93. The van der Waals surface area contributed by atoms with E-state index in [1.807, 2.05) is 5.38 Å². The molecule has 3 N–H and O–H groups in total. The van der Waals surface area contributed by atoms with Crippen LogP contribution in [0.1, 0.15) is 10.4 Å². The Morgan fingerprint density at radius 3 is 2.93 bits per heavy atom. The van der Waals surface area contributed by atoms with E-state index in [0.29, 0.717) is 5.39 Å². The first-order valence-corrected chi connectivity index (χ1v) is 5.16. The van der Waals surface area contributed by atoms with Crippen molar-refractivity contribution in [1.29, 1.82) is 0 Å². The largest absolute Gasteiger partial charge is 0.478 e. The van der Waals surface area contributed by atoms with Crippen molar-refractivity contribution >= 4 is 45.7 Å². The van der Waals surface area contributed by atoms with Gasteiger partial charge in [0.15, 0.2) is 0 Å². The first-order chi connectivity index (χ1) is 6.61. The fraction of sp³-hybridized carbons (Fsp3) is 0. The van der Waals surface area contributed by atoms with Crippen molar-refractivity contribution < 1.29 is 9.90 Å². The Morgan fingerprint density at radius 1 is 1.57 bits per heavy atom. The third-order valence-electron chi connectivity index (χ3n) is 1.96. The number of thiol groups is 1. The van der Waals surface area contributed by atoms with Crippen LogP contribution in [0.15, 0.2) is 22.4 Å². The molecule has 0 spiro atoms. The van der Waals surface area contributed by atoms with Gasteiger partial charge < -0.3 is 10.8 Å². The van der Waals surface area contributed by atoms with Crippen molar-refractivity contribution in [2.75, 3.05) is 5.73 Å². The molecule has 0 aliphatic heterocycles. The van der Waals surface area contributed by atoms with Crippen LogP contribution < -0.4 is 5.73 Å². The summed E-state index contributed by atoms with van der Waals surface area (Å²) in [6, 6.07) is 3.32. The summed E-state index contributed by atoms with van der Waals surface area (Å²) >= 11 is 5.70. The maximum absolute atomic E-state index is 10.9. The number of benzene rings is 1. The lowest BCUT2D eigenvalue weighted by Crippen LogP contribution is -2.02. The van der Waals surface area contributed by atoms with Crippen molar-refractivity contribution in [2.45, 2.75) is 4.90 Å². The molecular weight excluding hydrogens is 218 g/mol. The molecule has 5 heteroatoms. The molecule has 0 fully saturated rings. The number of thiophene rings is 1. The second kappa shape index (κ2) is 3.18. The number of rotatable bonds is 1. The van der Waals surface area contributed by atoms with Gasteiger partial charge in [0.25, 0.3) is 0 Å². The summed E-state index contributed by atoms with van der Waals surface area (Å²) in [5, 5.41) is 11.5. The zero-order valence-electron chi connectivity index (χ0n) is 7.02.